The molecule has 0 aliphatic carbocycles. The average Bonchev–Trinajstić information content (AvgIpc) is 2.39. The first-order chi connectivity index (χ1) is 8.26. The Kier molecular flexibility index (Phi) is 3.63. The van der Waals surface area contributed by atoms with Crippen molar-refractivity contribution < 1.29 is 0 Å². The van der Waals surface area contributed by atoms with Crippen molar-refractivity contribution in [3.05, 3.63) is 24.0 Å². The number of hydrogen-bond donors (Lipinski definition) is 0. The predicted octanol–water partition coefficient (Wildman–Crippen LogP) is 2.97. The second-order valence-electron chi connectivity index (χ2n) is 4.86. The molecule has 17 heavy (non-hydrogen) atoms. The zero-order valence-corrected chi connectivity index (χ0v) is 10.6. The first-order valence-electron chi connectivity index (χ1n) is 6.37. The summed E-state index contributed by atoms with van der Waals surface area (Å²) in [6, 6.07) is 4.58. The van der Waals surface area contributed by atoms with Crippen molar-refractivity contribution in [2.45, 2.75) is 39.2 Å². The number of rotatable bonds is 2. The lowest BCUT2D eigenvalue weighted by Gasteiger charge is -2.39. The van der Waals surface area contributed by atoms with E-state index in [1.54, 1.807) is 12.3 Å². The molecule has 0 saturated carbocycles. The number of anilines is 1. The van der Waals surface area contributed by atoms with E-state index in [1.807, 2.05) is 6.20 Å². The highest BCUT2D eigenvalue weighted by molar-refractivity contribution is 5.58. The van der Waals surface area contributed by atoms with Gasteiger partial charge in [-0.05, 0) is 31.7 Å². The van der Waals surface area contributed by atoms with E-state index in [2.05, 4.69) is 29.8 Å². The molecule has 2 heterocycles. The molecule has 1 aromatic rings. The monoisotopic (exact) mass is 229 g/mol. The Bertz CT molecular complexity index is 422. The molecule has 0 bridgehead atoms. The molecule has 0 amide bonds. The van der Waals surface area contributed by atoms with Gasteiger partial charge in [-0.2, -0.15) is 5.26 Å². The van der Waals surface area contributed by atoms with Gasteiger partial charge in [0, 0.05) is 18.8 Å². The maximum Gasteiger partial charge on any atom is 0.101 e. The standard InChI is InChI=1S/C14H19N3/c1-3-12-5-4-11(2)17(10-12)14-9-16-7-6-13(14)8-15/h6-7,9,11-12H,3-5,10H2,1-2H3. The number of hydrogen-bond acceptors (Lipinski definition) is 3. The summed E-state index contributed by atoms with van der Waals surface area (Å²) in [5.74, 6) is 0.748. The van der Waals surface area contributed by atoms with E-state index in [0.717, 1.165) is 23.7 Å². The summed E-state index contributed by atoms with van der Waals surface area (Å²) in [6.07, 6.45) is 7.24. The van der Waals surface area contributed by atoms with Gasteiger partial charge in [0.25, 0.3) is 0 Å². The van der Waals surface area contributed by atoms with Gasteiger partial charge in [0.2, 0.25) is 0 Å². The van der Waals surface area contributed by atoms with E-state index >= 15 is 0 Å². The predicted molar refractivity (Wildman–Crippen MR) is 68.8 cm³/mol. The zero-order valence-electron chi connectivity index (χ0n) is 10.6. The number of nitriles is 1. The van der Waals surface area contributed by atoms with Crippen molar-refractivity contribution in [1.29, 1.82) is 5.26 Å². The van der Waals surface area contributed by atoms with Gasteiger partial charge >= 0.3 is 0 Å². The highest BCUT2D eigenvalue weighted by Gasteiger charge is 2.26. The first kappa shape index (κ1) is 11.9. The lowest BCUT2D eigenvalue weighted by atomic mass is 9.91. The van der Waals surface area contributed by atoms with Crippen molar-refractivity contribution in [2.24, 2.45) is 5.92 Å². The van der Waals surface area contributed by atoms with Crippen LogP contribution in [-0.2, 0) is 0 Å². The SMILES string of the molecule is CCC1CCC(C)N(c2cnccc2C#N)C1. The molecule has 90 valence electrons. The first-order valence-corrected chi connectivity index (χ1v) is 6.37. The molecule has 1 aromatic heterocycles. The minimum atomic E-state index is 0.508. The molecule has 1 aliphatic heterocycles. The van der Waals surface area contributed by atoms with Crippen LogP contribution in [0.3, 0.4) is 0 Å². The summed E-state index contributed by atoms with van der Waals surface area (Å²) in [5.41, 5.74) is 1.74. The molecule has 2 atom stereocenters. The number of piperidine rings is 1. The highest BCUT2D eigenvalue weighted by atomic mass is 15.2. The molecule has 2 rings (SSSR count). The fourth-order valence-electron chi connectivity index (χ4n) is 2.56. The Morgan fingerprint density at radius 2 is 2.35 bits per heavy atom. The van der Waals surface area contributed by atoms with E-state index in [1.165, 1.54) is 19.3 Å². The molecule has 0 spiro atoms. The highest BCUT2D eigenvalue weighted by Crippen LogP contribution is 2.30. The average molecular weight is 229 g/mol. The third kappa shape index (κ3) is 2.41. The van der Waals surface area contributed by atoms with Crippen LogP contribution in [0.25, 0.3) is 0 Å². The van der Waals surface area contributed by atoms with E-state index in [0.29, 0.717) is 6.04 Å². The molecule has 1 aliphatic rings. The molecular formula is C14H19N3. The Morgan fingerprint density at radius 1 is 1.53 bits per heavy atom. The van der Waals surface area contributed by atoms with Crippen LogP contribution in [0.4, 0.5) is 5.69 Å². The van der Waals surface area contributed by atoms with Gasteiger partial charge in [0.1, 0.15) is 6.07 Å². The Morgan fingerprint density at radius 3 is 3.06 bits per heavy atom. The van der Waals surface area contributed by atoms with Crippen LogP contribution in [0.5, 0.6) is 0 Å². The van der Waals surface area contributed by atoms with Crippen LogP contribution >= 0.6 is 0 Å². The van der Waals surface area contributed by atoms with Gasteiger partial charge in [-0.1, -0.05) is 13.3 Å². The van der Waals surface area contributed by atoms with E-state index in [9.17, 15) is 0 Å². The molecule has 1 saturated heterocycles. The minimum absolute atomic E-state index is 0.508. The van der Waals surface area contributed by atoms with E-state index in [4.69, 9.17) is 5.26 Å². The normalized spacial score (nSPS) is 24.4. The quantitative estimate of drug-likeness (QED) is 0.782. The van der Waals surface area contributed by atoms with Crippen LogP contribution < -0.4 is 4.90 Å². The second-order valence-corrected chi connectivity index (χ2v) is 4.86. The van der Waals surface area contributed by atoms with Gasteiger partial charge in [-0.25, -0.2) is 0 Å². The van der Waals surface area contributed by atoms with Crippen LogP contribution in [0.2, 0.25) is 0 Å². The largest absolute Gasteiger partial charge is 0.366 e. The van der Waals surface area contributed by atoms with Crippen molar-refractivity contribution >= 4 is 5.69 Å². The third-order valence-electron chi connectivity index (χ3n) is 3.79. The Hall–Kier alpha value is -1.56. The van der Waals surface area contributed by atoms with E-state index < -0.39 is 0 Å². The van der Waals surface area contributed by atoms with Crippen molar-refractivity contribution in [3.8, 4) is 6.07 Å². The summed E-state index contributed by atoms with van der Waals surface area (Å²) >= 11 is 0. The summed E-state index contributed by atoms with van der Waals surface area (Å²) in [4.78, 5) is 6.51. The molecule has 0 aromatic carbocycles. The van der Waals surface area contributed by atoms with Gasteiger partial charge in [-0.3, -0.25) is 4.98 Å². The summed E-state index contributed by atoms with van der Waals surface area (Å²) in [5, 5.41) is 9.15. The van der Waals surface area contributed by atoms with E-state index in [-0.39, 0.29) is 0 Å². The number of pyridine rings is 1. The van der Waals surface area contributed by atoms with Crippen LogP contribution in [0.15, 0.2) is 18.5 Å². The zero-order chi connectivity index (χ0) is 12.3. The lowest BCUT2D eigenvalue weighted by molar-refractivity contribution is 0.359. The summed E-state index contributed by atoms with van der Waals surface area (Å²) in [6.45, 7) is 5.53. The van der Waals surface area contributed by atoms with Gasteiger partial charge in [0.15, 0.2) is 0 Å². The second kappa shape index (κ2) is 5.18. The smallest absolute Gasteiger partial charge is 0.101 e. The topological polar surface area (TPSA) is 39.9 Å². The van der Waals surface area contributed by atoms with Crippen LogP contribution in [0.1, 0.15) is 38.7 Å². The van der Waals surface area contributed by atoms with Crippen molar-refractivity contribution in [2.75, 3.05) is 11.4 Å². The number of nitrogens with zero attached hydrogens (tertiary/aromatic N) is 3. The number of aromatic nitrogens is 1. The molecule has 1 fully saturated rings. The van der Waals surface area contributed by atoms with Crippen LogP contribution in [0, 0.1) is 17.2 Å². The maximum absolute atomic E-state index is 9.15. The molecule has 2 unspecified atom stereocenters. The van der Waals surface area contributed by atoms with Gasteiger partial charge in [-0.15, -0.1) is 0 Å². The molecule has 3 heteroatoms. The fraction of sp³-hybridized carbons (Fsp3) is 0.571. The van der Waals surface area contributed by atoms with Crippen LogP contribution in [-0.4, -0.2) is 17.6 Å². The summed E-state index contributed by atoms with van der Waals surface area (Å²) < 4.78 is 0. The Balaban J connectivity index is 2.28. The molecular weight excluding hydrogens is 210 g/mol. The van der Waals surface area contributed by atoms with Gasteiger partial charge in [0.05, 0.1) is 17.4 Å². The third-order valence-corrected chi connectivity index (χ3v) is 3.79. The van der Waals surface area contributed by atoms with Crippen molar-refractivity contribution in [1.82, 2.24) is 4.98 Å². The molecule has 3 nitrogen and oxygen atoms in total. The van der Waals surface area contributed by atoms with Crippen molar-refractivity contribution in [3.63, 3.8) is 0 Å². The summed E-state index contributed by atoms with van der Waals surface area (Å²) in [7, 11) is 0. The maximum atomic E-state index is 9.15. The molecule has 0 N–H and O–H groups in total. The molecule has 0 radical (unpaired) electrons. The lowest BCUT2D eigenvalue weighted by Crippen LogP contribution is -2.42. The Labute approximate surface area is 103 Å². The van der Waals surface area contributed by atoms with Gasteiger partial charge < -0.3 is 4.90 Å². The minimum Gasteiger partial charge on any atom is -0.366 e. The fourth-order valence-corrected chi connectivity index (χ4v) is 2.56.